The van der Waals surface area contributed by atoms with Crippen LogP contribution in [-0.2, 0) is 17.8 Å². The summed E-state index contributed by atoms with van der Waals surface area (Å²) in [6, 6.07) is 6.26. The van der Waals surface area contributed by atoms with Crippen LogP contribution in [0.4, 0.5) is 4.39 Å². The highest BCUT2D eigenvalue weighted by molar-refractivity contribution is 7.09. The fourth-order valence-electron chi connectivity index (χ4n) is 1.67. The summed E-state index contributed by atoms with van der Waals surface area (Å²) < 4.78 is 18.9. The Balaban J connectivity index is 1.86. The predicted octanol–water partition coefficient (Wildman–Crippen LogP) is 3.22. The fourth-order valence-corrected chi connectivity index (χ4v) is 2.43. The van der Waals surface area contributed by atoms with Crippen LogP contribution in [0.25, 0.3) is 0 Å². The van der Waals surface area contributed by atoms with E-state index in [-0.39, 0.29) is 12.4 Å². The Morgan fingerprint density at radius 1 is 1.47 bits per heavy atom. The molecule has 3 nitrogen and oxygen atoms in total. The first-order valence-electron chi connectivity index (χ1n) is 5.86. The average molecular weight is 276 g/mol. The lowest BCUT2D eigenvalue weighted by molar-refractivity contribution is 0.121. The Labute approximate surface area is 115 Å². The van der Waals surface area contributed by atoms with Gasteiger partial charge in [-0.2, -0.15) is 5.26 Å². The standard InChI is InChI=1S/C14H13FN2OS/c1-10-14(19-9-17-10)4-5-18-8-12-6-11(7-16)2-3-13(12)15/h2-3,6,9H,4-5,8H2,1H3. The maximum Gasteiger partial charge on any atom is 0.128 e. The first-order valence-corrected chi connectivity index (χ1v) is 6.74. The van der Waals surface area contributed by atoms with Gasteiger partial charge in [-0.3, -0.25) is 0 Å². The van der Waals surface area contributed by atoms with E-state index in [9.17, 15) is 4.39 Å². The van der Waals surface area contributed by atoms with Crippen LogP contribution in [0.2, 0.25) is 0 Å². The lowest BCUT2D eigenvalue weighted by atomic mass is 10.1. The number of thiazole rings is 1. The van der Waals surface area contributed by atoms with E-state index < -0.39 is 0 Å². The lowest BCUT2D eigenvalue weighted by Gasteiger charge is -2.05. The molecule has 5 heteroatoms. The molecule has 1 aromatic heterocycles. The van der Waals surface area contributed by atoms with Crippen molar-refractivity contribution in [3.8, 4) is 6.07 Å². The van der Waals surface area contributed by atoms with Crippen LogP contribution in [0.15, 0.2) is 23.7 Å². The molecule has 2 aromatic rings. The Bertz CT molecular complexity index is 604. The molecule has 0 spiro atoms. The molecule has 0 unspecified atom stereocenters. The van der Waals surface area contributed by atoms with E-state index in [4.69, 9.17) is 10.00 Å². The van der Waals surface area contributed by atoms with Gasteiger partial charge in [0.2, 0.25) is 0 Å². The molecule has 0 saturated heterocycles. The van der Waals surface area contributed by atoms with Crippen LogP contribution in [0.5, 0.6) is 0 Å². The van der Waals surface area contributed by atoms with E-state index in [0.717, 1.165) is 12.1 Å². The third-order valence-electron chi connectivity index (χ3n) is 2.75. The normalized spacial score (nSPS) is 10.4. The number of hydrogen-bond acceptors (Lipinski definition) is 4. The van der Waals surface area contributed by atoms with E-state index in [1.54, 1.807) is 16.8 Å². The van der Waals surface area contributed by atoms with Gasteiger partial charge < -0.3 is 4.74 Å². The van der Waals surface area contributed by atoms with Crippen molar-refractivity contribution in [1.29, 1.82) is 5.26 Å². The van der Waals surface area contributed by atoms with Gasteiger partial charge in [-0.1, -0.05) is 0 Å². The second-order valence-corrected chi connectivity index (χ2v) is 5.02. The number of nitrogens with zero attached hydrogens (tertiary/aromatic N) is 2. The molecule has 0 aliphatic heterocycles. The van der Waals surface area contributed by atoms with Gasteiger partial charge in [-0.25, -0.2) is 9.37 Å². The highest BCUT2D eigenvalue weighted by Gasteiger charge is 2.05. The SMILES string of the molecule is Cc1ncsc1CCOCc1cc(C#N)ccc1F. The second-order valence-electron chi connectivity index (χ2n) is 4.08. The molecule has 0 N–H and O–H groups in total. The molecule has 0 bridgehead atoms. The molecule has 0 aliphatic carbocycles. The number of benzene rings is 1. The fraction of sp³-hybridized carbons (Fsp3) is 0.286. The number of aromatic nitrogens is 1. The zero-order valence-electron chi connectivity index (χ0n) is 10.5. The number of ether oxygens (including phenoxy) is 1. The molecule has 19 heavy (non-hydrogen) atoms. The zero-order chi connectivity index (χ0) is 13.7. The maximum absolute atomic E-state index is 13.5. The molecule has 1 heterocycles. The van der Waals surface area contributed by atoms with Gasteiger partial charge in [-0.05, 0) is 25.1 Å². The number of halogens is 1. The van der Waals surface area contributed by atoms with Crippen LogP contribution < -0.4 is 0 Å². The highest BCUT2D eigenvalue weighted by atomic mass is 32.1. The molecule has 2 rings (SSSR count). The van der Waals surface area contributed by atoms with Crippen LogP contribution >= 0.6 is 11.3 Å². The van der Waals surface area contributed by atoms with Crippen molar-refractivity contribution in [2.24, 2.45) is 0 Å². The quantitative estimate of drug-likeness (QED) is 0.788. The maximum atomic E-state index is 13.5. The molecule has 98 valence electrons. The minimum absolute atomic E-state index is 0.180. The van der Waals surface area contributed by atoms with Gasteiger partial charge in [0, 0.05) is 16.9 Å². The summed E-state index contributed by atoms with van der Waals surface area (Å²) in [5.74, 6) is -0.340. The molecule has 0 amide bonds. The van der Waals surface area contributed by atoms with E-state index in [2.05, 4.69) is 4.98 Å². The van der Waals surface area contributed by atoms with Crippen LogP contribution in [0.3, 0.4) is 0 Å². The van der Waals surface area contributed by atoms with Crippen molar-refractivity contribution in [2.75, 3.05) is 6.61 Å². The average Bonchev–Trinajstić information content (AvgIpc) is 2.82. The zero-order valence-corrected chi connectivity index (χ0v) is 11.3. The molecule has 1 aromatic carbocycles. The van der Waals surface area contributed by atoms with Crippen LogP contribution in [0, 0.1) is 24.1 Å². The lowest BCUT2D eigenvalue weighted by Crippen LogP contribution is -2.01. The smallest absolute Gasteiger partial charge is 0.128 e. The topological polar surface area (TPSA) is 45.9 Å². The van der Waals surface area contributed by atoms with Crippen LogP contribution in [-0.4, -0.2) is 11.6 Å². The third-order valence-corrected chi connectivity index (χ3v) is 3.75. The first kappa shape index (κ1) is 13.7. The van der Waals surface area contributed by atoms with E-state index in [0.29, 0.717) is 17.7 Å². The second kappa shape index (κ2) is 6.41. The molecule has 0 atom stereocenters. The summed E-state index contributed by atoms with van der Waals surface area (Å²) in [6.07, 6.45) is 0.774. The summed E-state index contributed by atoms with van der Waals surface area (Å²) in [5.41, 5.74) is 3.69. The molecule has 0 radical (unpaired) electrons. The summed E-state index contributed by atoms with van der Waals surface area (Å²) >= 11 is 1.60. The van der Waals surface area contributed by atoms with Crippen molar-refractivity contribution < 1.29 is 9.13 Å². The van der Waals surface area contributed by atoms with E-state index in [1.165, 1.54) is 23.1 Å². The number of rotatable bonds is 5. The van der Waals surface area contributed by atoms with Crippen molar-refractivity contribution in [1.82, 2.24) is 4.98 Å². The van der Waals surface area contributed by atoms with Gasteiger partial charge in [0.05, 0.1) is 36.1 Å². The van der Waals surface area contributed by atoms with E-state index >= 15 is 0 Å². The number of aryl methyl sites for hydroxylation is 1. The molecule has 0 fully saturated rings. The predicted molar refractivity (Wildman–Crippen MR) is 71.3 cm³/mol. The molecule has 0 saturated carbocycles. The van der Waals surface area contributed by atoms with Gasteiger partial charge in [0.1, 0.15) is 5.82 Å². The summed E-state index contributed by atoms with van der Waals surface area (Å²) in [5, 5.41) is 8.76. The largest absolute Gasteiger partial charge is 0.376 e. The summed E-state index contributed by atoms with van der Waals surface area (Å²) in [6.45, 7) is 2.65. The molecular weight excluding hydrogens is 263 g/mol. The minimum atomic E-state index is -0.340. The van der Waals surface area contributed by atoms with Crippen molar-refractivity contribution >= 4 is 11.3 Å². The van der Waals surface area contributed by atoms with E-state index in [1.807, 2.05) is 13.0 Å². The number of hydrogen-bond donors (Lipinski definition) is 0. The van der Waals surface area contributed by atoms with Crippen molar-refractivity contribution in [3.05, 3.63) is 51.2 Å². The highest BCUT2D eigenvalue weighted by Crippen LogP contribution is 2.14. The summed E-state index contributed by atoms with van der Waals surface area (Å²) in [4.78, 5) is 5.34. The Kier molecular flexibility index (Phi) is 4.61. The molecule has 0 aliphatic rings. The van der Waals surface area contributed by atoms with Crippen molar-refractivity contribution in [3.63, 3.8) is 0 Å². The van der Waals surface area contributed by atoms with Gasteiger partial charge >= 0.3 is 0 Å². The number of nitriles is 1. The Hall–Kier alpha value is -1.77. The van der Waals surface area contributed by atoms with Gasteiger partial charge in [0.25, 0.3) is 0 Å². The minimum Gasteiger partial charge on any atom is -0.376 e. The third kappa shape index (κ3) is 3.60. The Morgan fingerprint density at radius 2 is 2.32 bits per heavy atom. The monoisotopic (exact) mass is 276 g/mol. The van der Waals surface area contributed by atoms with Crippen LogP contribution in [0.1, 0.15) is 21.7 Å². The van der Waals surface area contributed by atoms with Gasteiger partial charge in [-0.15, -0.1) is 11.3 Å². The summed E-state index contributed by atoms with van der Waals surface area (Å²) in [7, 11) is 0. The van der Waals surface area contributed by atoms with Crippen molar-refractivity contribution in [2.45, 2.75) is 20.0 Å². The van der Waals surface area contributed by atoms with Gasteiger partial charge in [0.15, 0.2) is 0 Å². The Morgan fingerprint density at radius 3 is 3.00 bits per heavy atom. The first-order chi connectivity index (χ1) is 9.20. The molecular formula is C14H13FN2OS.